The number of halogens is 1. The molecule has 1 aliphatic rings. The van der Waals surface area contributed by atoms with Crippen LogP contribution >= 0.6 is 11.6 Å². The molecule has 0 unspecified atom stereocenters. The van der Waals surface area contributed by atoms with E-state index < -0.39 is 4.92 Å². The van der Waals surface area contributed by atoms with Crippen molar-refractivity contribution < 1.29 is 10.0 Å². The SMILES string of the molecule is O=[N+]([O-])c1ccc(Cl)c(CN2CCC[C@@H](O)C2)c1. The van der Waals surface area contributed by atoms with Gasteiger partial charge in [-0.1, -0.05) is 11.6 Å². The molecule has 18 heavy (non-hydrogen) atoms. The van der Waals surface area contributed by atoms with Gasteiger partial charge >= 0.3 is 0 Å². The Bertz CT molecular complexity index is 453. The first kappa shape index (κ1) is 13.3. The van der Waals surface area contributed by atoms with Crippen LogP contribution in [0.25, 0.3) is 0 Å². The van der Waals surface area contributed by atoms with Crippen LogP contribution in [0.2, 0.25) is 5.02 Å². The smallest absolute Gasteiger partial charge is 0.269 e. The van der Waals surface area contributed by atoms with Gasteiger partial charge in [-0.3, -0.25) is 15.0 Å². The molecule has 1 aromatic carbocycles. The Kier molecular flexibility index (Phi) is 4.16. The van der Waals surface area contributed by atoms with Crippen LogP contribution in [0.1, 0.15) is 18.4 Å². The van der Waals surface area contributed by atoms with E-state index in [1.807, 2.05) is 0 Å². The number of nitro groups is 1. The molecule has 0 spiro atoms. The molecule has 1 aliphatic heterocycles. The predicted octanol–water partition coefficient (Wildman–Crippen LogP) is 2.20. The molecule has 1 N–H and O–H groups in total. The van der Waals surface area contributed by atoms with Crippen LogP contribution in [-0.4, -0.2) is 34.1 Å². The monoisotopic (exact) mass is 270 g/mol. The second-order valence-corrected chi connectivity index (χ2v) is 4.97. The van der Waals surface area contributed by atoms with Crippen LogP contribution in [0, 0.1) is 10.1 Å². The van der Waals surface area contributed by atoms with Crippen molar-refractivity contribution in [1.29, 1.82) is 0 Å². The Balaban J connectivity index is 2.12. The molecule has 0 radical (unpaired) electrons. The van der Waals surface area contributed by atoms with Crippen molar-refractivity contribution in [2.24, 2.45) is 0 Å². The van der Waals surface area contributed by atoms with Crippen molar-refractivity contribution >= 4 is 17.3 Å². The fourth-order valence-electron chi connectivity index (χ4n) is 2.21. The van der Waals surface area contributed by atoms with Gasteiger partial charge in [0.2, 0.25) is 0 Å². The third kappa shape index (κ3) is 3.19. The molecule has 0 amide bonds. The molecule has 0 aliphatic carbocycles. The number of non-ortho nitro benzene ring substituents is 1. The van der Waals surface area contributed by atoms with Gasteiger partial charge in [-0.2, -0.15) is 0 Å². The molecular weight excluding hydrogens is 256 g/mol. The number of nitro benzene ring substituents is 1. The van der Waals surface area contributed by atoms with E-state index in [4.69, 9.17) is 11.6 Å². The zero-order valence-corrected chi connectivity index (χ0v) is 10.6. The number of rotatable bonds is 3. The van der Waals surface area contributed by atoms with Crippen LogP contribution in [0.5, 0.6) is 0 Å². The van der Waals surface area contributed by atoms with E-state index >= 15 is 0 Å². The Labute approximate surface area is 110 Å². The number of hydrogen-bond donors (Lipinski definition) is 1. The number of hydrogen-bond acceptors (Lipinski definition) is 4. The third-order valence-corrected chi connectivity index (χ3v) is 3.48. The van der Waals surface area contributed by atoms with Crippen LogP contribution < -0.4 is 0 Å². The van der Waals surface area contributed by atoms with Crippen LogP contribution in [0.4, 0.5) is 5.69 Å². The maximum atomic E-state index is 10.7. The van der Waals surface area contributed by atoms with Gasteiger partial charge < -0.3 is 5.11 Å². The molecule has 1 saturated heterocycles. The summed E-state index contributed by atoms with van der Waals surface area (Å²) in [6.07, 6.45) is 1.45. The van der Waals surface area contributed by atoms with E-state index in [0.29, 0.717) is 18.1 Å². The van der Waals surface area contributed by atoms with Crippen molar-refractivity contribution in [3.05, 3.63) is 38.9 Å². The van der Waals surface area contributed by atoms with Crippen LogP contribution in [-0.2, 0) is 6.54 Å². The Morgan fingerprint density at radius 1 is 1.56 bits per heavy atom. The summed E-state index contributed by atoms with van der Waals surface area (Å²) in [4.78, 5) is 12.4. The molecule has 0 aromatic heterocycles. The highest BCUT2D eigenvalue weighted by molar-refractivity contribution is 6.31. The fraction of sp³-hybridized carbons (Fsp3) is 0.500. The van der Waals surface area contributed by atoms with Gasteiger partial charge in [-0.15, -0.1) is 0 Å². The quantitative estimate of drug-likeness (QED) is 0.675. The van der Waals surface area contributed by atoms with Crippen molar-refractivity contribution in [2.75, 3.05) is 13.1 Å². The normalized spacial score (nSPS) is 20.9. The van der Waals surface area contributed by atoms with Gasteiger partial charge in [-0.05, 0) is 31.0 Å². The summed E-state index contributed by atoms with van der Waals surface area (Å²) in [5.41, 5.74) is 0.784. The number of benzene rings is 1. The molecule has 0 saturated carbocycles. The lowest BCUT2D eigenvalue weighted by Gasteiger charge is -2.30. The largest absolute Gasteiger partial charge is 0.392 e. The van der Waals surface area contributed by atoms with Gasteiger partial charge in [0, 0.05) is 30.2 Å². The van der Waals surface area contributed by atoms with Crippen LogP contribution in [0.15, 0.2) is 18.2 Å². The van der Waals surface area contributed by atoms with Gasteiger partial charge in [0.15, 0.2) is 0 Å². The van der Waals surface area contributed by atoms with Gasteiger partial charge in [0.05, 0.1) is 11.0 Å². The van der Waals surface area contributed by atoms with E-state index in [1.54, 1.807) is 6.07 Å². The lowest BCUT2D eigenvalue weighted by atomic mass is 10.1. The van der Waals surface area contributed by atoms with Gasteiger partial charge in [0.1, 0.15) is 0 Å². The molecule has 6 heteroatoms. The second kappa shape index (κ2) is 5.65. The molecule has 1 heterocycles. The highest BCUT2D eigenvalue weighted by Gasteiger charge is 2.19. The Hall–Kier alpha value is -1.17. The molecule has 1 aromatic rings. The molecule has 0 bridgehead atoms. The van der Waals surface area contributed by atoms with E-state index in [2.05, 4.69) is 4.90 Å². The van der Waals surface area contributed by atoms with E-state index in [0.717, 1.165) is 24.9 Å². The average molecular weight is 271 g/mol. The summed E-state index contributed by atoms with van der Waals surface area (Å²) in [6.45, 7) is 2.02. The minimum Gasteiger partial charge on any atom is -0.392 e. The van der Waals surface area contributed by atoms with E-state index in [1.165, 1.54) is 12.1 Å². The predicted molar refractivity (Wildman–Crippen MR) is 68.6 cm³/mol. The first-order chi connectivity index (χ1) is 8.56. The van der Waals surface area contributed by atoms with Crippen molar-refractivity contribution in [1.82, 2.24) is 4.90 Å². The molecule has 1 fully saturated rings. The minimum atomic E-state index is -0.426. The van der Waals surface area contributed by atoms with E-state index in [9.17, 15) is 15.2 Å². The summed E-state index contributed by atoms with van der Waals surface area (Å²) >= 11 is 6.04. The molecular formula is C12H15ClN2O3. The van der Waals surface area contributed by atoms with Gasteiger partial charge in [0.25, 0.3) is 5.69 Å². The summed E-state index contributed by atoms with van der Waals surface area (Å²) in [6, 6.07) is 4.45. The van der Waals surface area contributed by atoms with Crippen molar-refractivity contribution in [3.63, 3.8) is 0 Å². The molecule has 5 nitrogen and oxygen atoms in total. The fourth-order valence-corrected chi connectivity index (χ4v) is 2.39. The van der Waals surface area contributed by atoms with E-state index in [-0.39, 0.29) is 11.8 Å². The number of nitrogens with zero attached hydrogens (tertiary/aromatic N) is 2. The number of aliphatic hydroxyl groups excluding tert-OH is 1. The third-order valence-electron chi connectivity index (χ3n) is 3.11. The van der Waals surface area contributed by atoms with Gasteiger partial charge in [-0.25, -0.2) is 0 Å². The zero-order chi connectivity index (χ0) is 13.1. The summed E-state index contributed by atoms with van der Waals surface area (Å²) in [5, 5.41) is 20.8. The lowest BCUT2D eigenvalue weighted by molar-refractivity contribution is -0.384. The summed E-state index contributed by atoms with van der Waals surface area (Å²) < 4.78 is 0. The standard InChI is InChI=1S/C12H15ClN2O3/c13-12-4-3-10(15(17)18)6-9(12)7-14-5-1-2-11(16)8-14/h3-4,6,11,16H,1-2,5,7-8H2/t11-/m1/s1. The minimum absolute atomic E-state index is 0.0481. The maximum absolute atomic E-state index is 10.7. The second-order valence-electron chi connectivity index (χ2n) is 4.56. The zero-order valence-electron chi connectivity index (χ0n) is 9.88. The highest BCUT2D eigenvalue weighted by atomic mass is 35.5. The highest BCUT2D eigenvalue weighted by Crippen LogP contribution is 2.24. The molecule has 1 atom stereocenters. The molecule has 2 rings (SSSR count). The summed E-state index contributed by atoms with van der Waals surface area (Å²) in [7, 11) is 0. The molecule has 98 valence electrons. The van der Waals surface area contributed by atoms with Crippen molar-refractivity contribution in [3.8, 4) is 0 Å². The Morgan fingerprint density at radius 3 is 3.00 bits per heavy atom. The first-order valence-electron chi connectivity index (χ1n) is 5.89. The topological polar surface area (TPSA) is 66.6 Å². The number of β-amino-alcohol motifs (C(OH)–C–C–N with tert-alkyl or cyclic N) is 1. The Morgan fingerprint density at radius 2 is 2.33 bits per heavy atom. The van der Waals surface area contributed by atoms with Crippen molar-refractivity contribution in [2.45, 2.75) is 25.5 Å². The number of piperidine rings is 1. The number of likely N-dealkylation sites (tertiary alicyclic amines) is 1. The maximum Gasteiger partial charge on any atom is 0.269 e. The number of aliphatic hydroxyl groups is 1. The van der Waals surface area contributed by atoms with Crippen LogP contribution in [0.3, 0.4) is 0 Å². The first-order valence-corrected chi connectivity index (χ1v) is 6.27. The lowest BCUT2D eigenvalue weighted by Crippen LogP contribution is -2.37. The average Bonchev–Trinajstić information content (AvgIpc) is 2.31. The summed E-state index contributed by atoms with van der Waals surface area (Å²) in [5.74, 6) is 0.